The number of aromatic nitrogens is 1. The van der Waals surface area contributed by atoms with Crippen molar-refractivity contribution in [2.75, 3.05) is 0 Å². The number of carbonyl (C=O) groups is 3. The van der Waals surface area contributed by atoms with E-state index in [-0.39, 0.29) is 6.61 Å². The highest BCUT2D eigenvalue weighted by Crippen LogP contribution is 2.12. The molecular formula is C14H17N3O5. The monoisotopic (exact) mass is 307 g/mol. The van der Waals surface area contributed by atoms with Crippen LogP contribution in [0.5, 0.6) is 0 Å². The Morgan fingerprint density at radius 2 is 1.95 bits per heavy atom. The highest BCUT2D eigenvalue weighted by molar-refractivity contribution is 6.61. The Hall–Kier alpha value is -2.73. The molecule has 0 unspecified atom stereocenters. The van der Waals surface area contributed by atoms with E-state index in [4.69, 9.17) is 15.0 Å². The van der Waals surface area contributed by atoms with Crippen LogP contribution in [0.4, 0.5) is 4.79 Å². The molecule has 1 aromatic rings. The average Bonchev–Trinajstić information content (AvgIpc) is 2.83. The molecular weight excluding hydrogens is 290 g/mol. The van der Waals surface area contributed by atoms with Gasteiger partial charge < -0.3 is 15.0 Å². The van der Waals surface area contributed by atoms with Gasteiger partial charge in [0.15, 0.2) is 0 Å². The predicted octanol–water partition coefficient (Wildman–Crippen LogP) is 1.57. The Kier molecular flexibility index (Phi) is 5.37. The van der Waals surface area contributed by atoms with E-state index in [0.29, 0.717) is 5.69 Å². The highest BCUT2D eigenvalue weighted by Gasteiger charge is 2.28. The summed E-state index contributed by atoms with van der Waals surface area (Å²) in [7, 11) is 0. The number of nitrogens with zero attached hydrogens (tertiary/aromatic N) is 3. The van der Waals surface area contributed by atoms with Crippen LogP contribution >= 0.6 is 0 Å². The molecule has 0 aliphatic heterocycles. The van der Waals surface area contributed by atoms with Gasteiger partial charge in [0.2, 0.25) is 5.78 Å². The van der Waals surface area contributed by atoms with Gasteiger partial charge in [-0.25, -0.2) is 9.59 Å². The second kappa shape index (κ2) is 6.82. The number of Topliss-reactive ketones (excluding diaryl/α,β-unsaturated/α-hetero) is 1. The van der Waals surface area contributed by atoms with Crippen LogP contribution in [0.2, 0.25) is 0 Å². The van der Waals surface area contributed by atoms with Crippen molar-refractivity contribution >= 4 is 23.6 Å². The zero-order chi connectivity index (χ0) is 16.9. The van der Waals surface area contributed by atoms with Gasteiger partial charge in [-0.15, -0.1) is 0 Å². The van der Waals surface area contributed by atoms with Gasteiger partial charge in [-0.1, -0.05) is 0 Å². The molecule has 22 heavy (non-hydrogen) atoms. The number of rotatable bonds is 4. The van der Waals surface area contributed by atoms with E-state index in [2.05, 4.69) is 4.79 Å². The molecule has 8 nitrogen and oxygen atoms in total. The molecule has 0 aliphatic carbocycles. The molecule has 1 heterocycles. The lowest BCUT2D eigenvalue weighted by molar-refractivity contribution is -0.143. The third-order valence-electron chi connectivity index (χ3n) is 2.40. The zero-order valence-corrected chi connectivity index (χ0v) is 12.8. The molecule has 0 amide bonds. The highest BCUT2D eigenvalue weighted by atomic mass is 16.6. The van der Waals surface area contributed by atoms with Crippen LogP contribution in [0, 0.1) is 0 Å². The standard InChI is InChI=1S/C14H17N3O5/c1-9(18)11(16-15)12(19)21-8-10-6-5-7-17(10)13(20)22-14(2,3)4/h5-7H,8H2,1-4H3. The summed E-state index contributed by atoms with van der Waals surface area (Å²) in [5.74, 6) is -1.80. The maximum Gasteiger partial charge on any atom is 0.441 e. The van der Waals surface area contributed by atoms with Crippen LogP contribution in [-0.2, 0) is 25.7 Å². The van der Waals surface area contributed by atoms with Crippen LogP contribution in [0.15, 0.2) is 18.3 Å². The molecule has 1 aromatic heterocycles. The Morgan fingerprint density at radius 3 is 2.45 bits per heavy atom. The Balaban J connectivity index is 2.79. The van der Waals surface area contributed by atoms with Gasteiger partial charge in [-0.2, -0.15) is 4.79 Å². The van der Waals surface area contributed by atoms with Crippen LogP contribution in [0.3, 0.4) is 0 Å². The summed E-state index contributed by atoms with van der Waals surface area (Å²) < 4.78 is 11.2. The fourth-order valence-electron chi connectivity index (χ4n) is 1.49. The Labute approximate surface area is 127 Å². The van der Waals surface area contributed by atoms with Gasteiger partial charge in [0, 0.05) is 13.1 Å². The number of esters is 1. The molecule has 1 rings (SSSR count). The van der Waals surface area contributed by atoms with E-state index >= 15 is 0 Å². The van der Waals surface area contributed by atoms with Gasteiger partial charge in [-0.3, -0.25) is 9.36 Å². The lowest BCUT2D eigenvalue weighted by Crippen LogP contribution is -2.29. The largest absolute Gasteiger partial charge is 0.450 e. The first-order valence-electron chi connectivity index (χ1n) is 6.45. The van der Waals surface area contributed by atoms with Gasteiger partial charge in [0.25, 0.3) is 0 Å². The van der Waals surface area contributed by atoms with Crippen LogP contribution in [-0.4, -0.2) is 38.5 Å². The maximum absolute atomic E-state index is 12.0. The van der Waals surface area contributed by atoms with E-state index in [0.717, 1.165) is 6.92 Å². The molecule has 0 bridgehead atoms. The topological polar surface area (TPSA) is 111 Å². The second-order valence-corrected chi connectivity index (χ2v) is 5.43. The van der Waals surface area contributed by atoms with E-state index in [1.54, 1.807) is 32.9 Å². The van der Waals surface area contributed by atoms with Crippen LogP contribution in [0.1, 0.15) is 33.4 Å². The number of carbonyl (C=O) groups excluding carboxylic acids is 3. The molecule has 0 spiro atoms. The van der Waals surface area contributed by atoms with Gasteiger partial charge in [0.1, 0.15) is 12.2 Å². The van der Waals surface area contributed by atoms with E-state index in [1.165, 1.54) is 10.8 Å². The van der Waals surface area contributed by atoms with Crippen molar-refractivity contribution < 1.29 is 28.6 Å². The summed E-state index contributed by atoms with van der Waals surface area (Å²) in [4.78, 5) is 37.2. The second-order valence-electron chi connectivity index (χ2n) is 5.43. The first-order valence-corrected chi connectivity index (χ1v) is 6.45. The molecule has 0 radical (unpaired) electrons. The molecule has 8 heteroatoms. The van der Waals surface area contributed by atoms with Crippen molar-refractivity contribution in [2.24, 2.45) is 0 Å². The number of hydrogen-bond donors (Lipinski definition) is 0. The first-order chi connectivity index (χ1) is 10.2. The zero-order valence-electron chi connectivity index (χ0n) is 12.8. The van der Waals surface area contributed by atoms with Crippen molar-refractivity contribution in [3.63, 3.8) is 0 Å². The van der Waals surface area contributed by atoms with E-state index < -0.39 is 29.2 Å². The Morgan fingerprint density at radius 1 is 1.32 bits per heavy atom. The fraction of sp³-hybridized carbons (Fsp3) is 0.429. The summed E-state index contributed by atoms with van der Waals surface area (Å²) >= 11 is 0. The van der Waals surface area contributed by atoms with Crippen molar-refractivity contribution in [1.29, 1.82) is 0 Å². The predicted molar refractivity (Wildman–Crippen MR) is 75.2 cm³/mol. The van der Waals surface area contributed by atoms with Crippen molar-refractivity contribution in [1.82, 2.24) is 4.57 Å². The number of hydrogen-bond acceptors (Lipinski definition) is 5. The Bertz CT molecular complexity index is 648. The van der Waals surface area contributed by atoms with Crippen molar-refractivity contribution in [2.45, 2.75) is 39.9 Å². The smallest absolute Gasteiger partial charge is 0.441 e. The molecule has 0 saturated carbocycles. The normalized spacial score (nSPS) is 10.5. The van der Waals surface area contributed by atoms with Crippen molar-refractivity contribution in [3.8, 4) is 0 Å². The summed E-state index contributed by atoms with van der Waals surface area (Å²) in [6.07, 6.45) is 0.842. The molecule has 0 aromatic carbocycles. The van der Waals surface area contributed by atoms with Crippen molar-refractivity contribution in [3.05, 3.63) is 29.6 Å². The molecule has 118 valence electrons. The number of ketones is 1. The lowest BCUT2D eigenvalue weighted by Gasteiger charge is -2.20. The summed E-state index contributed by atoms with van der Waals surface area (Å²) in [6, 6.07) is 3.14. The molecule has 0 atom stereocenters. The van der Waals surface area contributed by atoms with E-state index in [1.807, 2.05) is 0 Å². The SMILES string of the molecule is CC(=O)C(=[N+]=[N-])C(=O)OCc1cccn1C(=O)OC(C)(C)C. The minimum atomic E-state index is -1.08. The summed E-state index contributed by atoms with van der Waals surface area (Å²) in [5.41, 5.74) is 7.55. The molecule has 0 saturated heterocycles. The van der Waals surface area contributed by atoms with E-state index in [9.17, 15) is 14.4 Å². The first kappa shape index (κ1) is 17.3. The summed E-state index contributed by atoms with van der Waals surface area (Å²) in [6.45, 7) is 5.97. The third-order valence-corrected chi connectivity index (χ3v) is 2.40. The van der Waals surface area contributed by atoms with Gasteiger partial charge >= 0.3 is 17.8 Å². The lowest BCUT2D eigenvalue weighted by atomic mass is 10.2. The van der Waals surface area contributed by atoms with Gasteiger partial charge in [-0.05, 0) is 32.9 Å². The number of ether oxygens (including phenoxy) is 2. The minimum Gasteiger partial charge on any atom is -0.450 e. The molecule has 0 aliphatic rings. The molecule has 0 N–H and O–H groups in total. The van der Waals surface area contributed by atoms with Crippen LogP contribution in [0.25, 0.3) is 5.53 Å². The minimum absolute atomic E-state index is 0.280. The summed E-state index contributed by atoms with van der Waals surface area (Å²) in [5, 5.41) is 0. The van der Waals surface area contributed by atoms with Gasteiger partial charge in [0.05, 0.1) is 5.69 Å². The third kappa shape index (κ3) is 4.68. The molecule has 0 fully saturated rings. The average molecular weight is 307 g/mol. The maximum atomic E-state index is 12.0. The fourth-order valence-corrected chi connectivity index (χ4v) is 1.49. The van der Waals surface area contributed by atoms with Crippen LogP contribution < -0.4 is 0 Å². The quantitative estimate of drug-likeness (QED) is 0.275.